The predicted octanol–water partition coefficient (Wildman–Crippen LogP) is 2.51. The summed E-state index contributed by atoms with van der Waals surface area (Å²) < 4.78 is 10.7. The average Bonchev–Trinajstić information content (AvgIpc) is 3.21. The molecule has 2 heterocycles. The molecule has 2 saturated heterocycles. The highest BCUT2D eigenvalue weighted by molar-refractivity contribution is 5.92. The summed E-state index contributed by atoms with van der Waals surface area (Å²) in [5, 5.41) is 12.8. The highest BCUT2D eigenvalue weighted by Gasteiger charge is 2.38. The van der Waals surface area contributed by atoms with Crippen LogP contribution in [0.4, 0.5) is 10.5 Å². The molecule has 9 nitrogen and oxygen atoms in total. The smallest absolute Gasteiger partial charge is 0.337 e. The summed E-state index contributed by atoms with van der Waals surface area (Å²) in [4.78, 5) is 34.6. The first kappa shape index (κ1) is 23.2. The first-order valence-corrected chi connectivity index (χ1v) is 10.3. The van der Waals surface area contributed by atoms with Crippen LogP contribution in [-0.2, 0) is 14.3 Å². The fourth-order valence-electron chi connectivity index (χ4n) is 4.01. The highest BCUT2D eigenvalue weighted by atomic mass is 16.5. The number of nitrogens with one attached hydrogen (secondary N) is 2. The van der Waals surface area contributed by atoms with Crippen LogP contribution in [0, 0.1) is 0 Å². The van der Waals surface area contributed by atoms with Crippen molar-refractivity contribution in [1.29, 1.82) is 0 Å². The van der Waals surface area contributed by atoms with E-state index in [-0.39, 0.29) is 24.6 Å². The Kier molecular flexibility index (Phi) is 8.18. The lowest BCUT2D eigenvalue weighted by Gasteiger charge is -2.35. The second kappa shape index (κ2) is 11.3. The van der Waals surface area contributed by atoms with Gasteiger partial charge in [0.1, 0.15) is 0 Å². The van der Waals surface area contributed by atoms with Crippen molar-refractivity contribution in [1.82, 2.24) is 10.2 Å². The van der Waals surface area contributed by atoms with Crippen molar-refractivity contribution in [3.8, 4) is 0 Å². The van der Waals surface area contributed by atoms with Crippen molar-refractivity contribution < 1.29 is 29.0 Å². The van der Waals surface area contributed by atoms with Crippen molar-refractivity contribution in [3.63, 3.8) is 0 Å². The van der Waals surface area contributed by atoms with Crippen molar-refractivity contribution in [3.05, 3.63) is 65.7 Å². The lowest BCUT2D eigenvalue weighted by atomic mass is 10.1. The number of amides is 2. The maximum atomic E-state index is 12.4. The van der Waals surface area contributed by atoms with Gasteiger partial charge in [0.15, 0.2) is 0 Å². The van der Waals surface area contributed by atoms with Crippen LogP contribution in [0.25, 0.3) is 0 Å². The van der Waals surface area contributed by atoms with Gasteiger partial charge in [-0.15, -0.1) is 0 Å². The molecule has 32 heavy (non-hydrogen) atoms. The Hall–Kier alpha value is -3.43. The molecule has 0 spiro atoms. The standard InChI is InChI=1S/C22H25N3O4.CH2O2/c1-28-21(26)16-7-9-17(10-8-16)23-22(27)24-18-11-19-14-29-20(13-25(19)12-18)15-5-3-2-4-6-15;2-1-3/h2-10,18-20H,11-14H2,1H3,(H2,23,24,27);1H,(H,2,3)/t18-,19+,20-;/m1./s1. The van der Waals surface area contributed by atoms with Crippen LogP contribution in [-0.4, -0.2) is 67.4 Å². The molecule has 0 saturated carbocycles. The van der Waals surface area contributed by atoms with Crippen LogP contribution in [0.2, 0.25) is 0 Å². The fourth-order valence-corrected chi connectivity index (χ4v) is 4.01. The summed E-state index contributed by atoms with van der Waals surface area (Å²) in [6, 6.07) is 17.0. The highest BCUT2D eigenvalue weighted by Crippen LogP contribution is 2.30. The Morgan fingerprint density at radius 2 is 1.81 bits per heavy atom. The Labute approximate surface area is 186 Å². The second-order valence-electron chi connectivity index (χ2n) is 7.55. The van der Waals surface area contributed by atoms with E-state index >= 15 is 0 Å². The fraction of sp³-hybridized carbons (Fsp3) is 0.348. The number of carbonyl (C=O) groups excluding carboxylic acids is 2. The van der Waals surface area contributed by atoms with E-state index < -0.39 is 5.97 Å². The molecule has 2 aliphatic rings. The van der Waals surface area contributed by atoms with Crippen molar-refractivity contribution in [2.75, 3.05) is 32.1 Å². The van der Waals surface area contributed by atoms with Gasteiger partial charge in [-0.25, -0.2) is 9.59 Å². The van der Waals surface area contributed by atoms with Gasteiger partial charge in [-0.1, -0.05) is 30.3 Å². The van der Waals surface area contributed by atoms with Gasteiger partial charge in [0, 0.05) is 30.9 Å². The number of hydrogen-bond donors (Lipinski definition) is 3. The molecule has 0 unspecified atom stereocenters. The molecule has 0 aliphatic carbocycles. The molecule has 3 N–H and O–H groups in total. The maximum Gasteiger partial charge on any atom is 0.337 e. The zero-order valence-corrected chi connectivity index (χ0v) is 17.8. The molecule has 0 bridgehead atoms. The van der Waals surface area contributed by atoms with Gasteiger partial charge in [0.2, 0.25) is 0 Å². The number of morpholine rings is 1. The number of nitrogens with zero attached hydrogens (tertiary/aromatic N) is 1. The normalized spacial score (nSPS) is 22.0. The number of methoxy groups -OCH3 is 1. The number of ether oxygens (including phenoxy) is 2. The van der Waals surface area contributed by atoms with E-state index in [0.29, 0.717) is 23.9 Å². The van der Waals surface area contributed by atoms with E-state index in [9.17, 15) is 9.59 Å². The summed E-state index contributed by atoms with van der Waals surface area (Å²) in [6.07, 6.45) is 0.948. The molecular formula is C23H27N3O6. The van der Waals surface area contributed by atoms with Crippen LogP contribution >= 0.6 is 0 Å². The Morgan fingerprint density at radius 1 is 1.12 bits per heavy atom. The maximum absolute atomic E-state index is 12.4. The minimum Gasteiger partial charge on any atom is -0.483 e. The third-order valence-electron chi connectivity index (χ3n) is 5.49. The lowest BCUT2D eigenvalue weighted by molar-refractivity contribution is -0.122. The molecule has 2 aromatic rings. The van der Waals surface area contributed by atoms with Crippen molar-refractivity contribution in [2.24, 2.45) is 0 Å². The molecule has 2 aliphatic heterocycles. The number of esters is 1. The first-order chi connectivity index (χ1) is 15.5. The van der Waals surface area contributed by atoms with Gasteiger partial charge in [-0.05, 0) is 36.2 Å². The summed E-state index contributed by atoms with van der Waals surface area (Å²) >= 11 is 0. The number of fused-ring (bicyclic) bond motifs is 1. The van der Waals surface area contributed by atoms with Gasteiger partial charge in [0.05, 0.1) is 25.4 Å². The molecule has 170 valence electrons. The Balaban J connectivity index is 0.000000913. The summed E-state index contributed by atoms with van der Waals surface area (Å²) in [5.74, 6) is -0.403. The summed E-state index contributed by atoms with van der Waals surface area (Å²) in [6.45, 7) is 2.07. The van der Waals surface area contributed by atoms with Gasteiger partial charge >= 0.3 is 12.0 Å². The van der Waals surface area contributed by atoms with Crippen LogP contribution in [0.1, 0.15) is 28.4 Å². The van der Waals surface area contributed by atoms with E-state index in [4.69, 9.17) is 14.6 Å². The monoisotopic (exact) mass is 441 g/mol. The van der Waals surface area contributed by atoms with Crippen LogP contribution in [0.5, 0.6) is 0 Å². The Morgan fingerprint density at radius 3 is 2.47 bits per heavy atom. The molecule has 2 amide bonds. The van der Waals surface area contributed by atoms with Gasteiger partial charge in [-0.2, -0.15) is 0 Å². The lowest BCUT2D eigenvalue weighted by Crippen LogP contribution is -2.43. The SMILES string of the molecule is COC(=O)c1ccc(NC(=O)N[C@@H]2C[C@H]3CO[C@@H](c4ccccc4)CN3C2)cc1.O=CO. The van der Waals surface area contributed by atoms with E-state index in [2.05, 4.69) is 32.4 Å². The van der Waals surface area contributed by atoms with E-state index in [1.54, 1.807) is 24.3 Å². The average molecular weight is 441 g/mol. The molecule has 2 fully saturated rings. The molecule has 0 aromatic heterocycles. The van der Waals surface area contributed by atoms with Crippen LogP contribution < -0.4 is 10.6 Å². The predicted molar refractivity (Wildman–Crippen MR) is 118 cm³/mol. The van der Waals surface area contributed by atoms with E-state index in [0.717, 1.165) is 19.5 Å². The molecule has 9 heteroatoms. The summed E-state index contributed by atoms with van der Waals surface area (Å²) in [5.41, 5.74) is 2.26. The first-order valence-electron chi connectivity index (χ1n) is 10.3. The molecular weight excluding hydrogens is 414 g/mol. The number of urea groups is 1. The van der Waals surface area contributed by atoms with Gasteiger partial charge in [-0.3, -0.25) is 9.69 Å². The third-order valence-corrected chi connectivity index (χ3v) is 5.49. The number of anilines is 1. The molecule has 4 rings (SSSR count). The topological polar surface area (TPSA) is 117 Å². The molecule has 3 atom stereocenters. The molecule has 2 aromatic carbocycles. The number of rotatable bonds is 4. The molecule has 0 radical (unpaired) electrons. The minimum atomic E-state index is -0.403. The number of hydrogen-bond acceptors (Lipinski definition) is 6. The Bertz CT molecular complexity index is 906. The summed E-state index contributed by atoms with van der Waals surface area (Å²) in [7, 11) is 1.34. The number of carbonyl (C=O) groups is 3. The minimum absolute atomic E-state index is 0.0764. The van der Waals surface area contributed by atoms with Gasteiger partial charge < -0.3 is 25.2 Å². The van der Waals surface area contributed by atoms with Crippen molar-refractivity contribution >= 4 is 24.2 Å². The number of carboxylic acid groups (broad SMARTS) is 1. The quantitative estimate of drug-likeness (QED) is 0.493. The van der Waals surface area contributed by atoms with E-state index in [1.807, 2.05) is 18.2 Å². The van der Waals surface area contributed by atoms with Crippen LogP contribution in [0.3, 0.4) is 0 Å². The third kappa shape index (κ3) is 6.05. The zero-order valence-electron chi connectivity index (χ0n) is 17.8. The van der Waals surface area contributed by atoms with Crippen LogP contribution in [0.15, 0.2) is 54.6 Å². The largest absolute Gasteiger partial charge is 0.483 e. The second-order valence-corrected chi connectivity index (χ2v) is 7.55. The zero-order chi connectivity index (χ0) is 22.9. The number of benzene rings is 2. The van der Waals surface area contributed by atoms with Gasteiger partial charge in [0.25, 0.3) is 6.47 Å². The van der Waals surface area contributed by atoms with E-state index in [1.165, 1.54) is 12.7 Å². The van der Waals surface area contributed by atoms with Crippen molar-refractivity contribution in [2.45, 2.75) is 24.6 Å².